The zero-order valence-electron chi connectivity index (χ0n) is 11.3. The molecule has 0 saturated carbocycles. The Morgan fingerprint density at radius 1 is 1.25 bits per heavy atom. The molecule has 0 N–H and O–H groups in total. The Morgan fingerprint density at radius 2 is 2.00 bits per heavy atom. The second-order valence-electron chi connectivity index (χ2n) is 4.24. The average Bonchev–Trinajstić information content (AvgIpc) is 2.45. The van der Waals surface area contributed by atoms with E-state index in [1.54, 1.807) is 13.0 Å². The Morgan fingerprint density at radius 3 is 2.65 bits per heavy atom. The molecule has 5 nitrogen and oxygen atoms in total. The molecule has 1 aromatic carbocycles. The molecule has 0 aliphatic rings. The highest BCUT2D eigenvalue weighted by Crippen LogP contribution is 2.19. The molecule has 0 saturated heterocycles. The highest BCUT2D eigenvalue weighted by molar-refractivity contribution is 5.31. The van der Waals surface area contributed by atoms with Gasteiger partial charge in [-0.3, -0.25) is 9.36 Å². The van der Waals surface area contributed by atoms with Gasteiger partial charge in [0.15, 0.2) is 11.6 Å². The summed E-state index contributed by atoms with van der Waals surface area (Å²) in [5, 5.41) is 0. The van der Waals surface area contributed by atoms with Crippen molar-refractivity contribution in [1.29, 1.82) is 0 Å². The van der Waals surface area contributed by atoms with Crippen molar-refractivity contribution in [2.24, 2.45) is 0 Å². The van der Waals surface area contributed by atoms with Crippen molar-refractivity contribution < 1.29 is 9.13 Å². The van der Waals surface area contributed by atoms with E-state index >= 15 is 0 Å². The van der Waals surface area contributed by atoms with Crippen molar-refractivity contribution in [2.45, 2.75) is 20.0 Å². The highest BCUT2D eigenvalue weighted by atomic mass is 19.1. The van der Waals surface area contributed by atoms with Crippen LogP contribution in [0.2, 0.25) is 0 Å². The van der Waals surface area contributed by atoms with E-state index in [1.807, 2.05) is 0 Å². The first-order chi connectivity index (χ1) is 9.58. The third-order valence-electron chi connectivity index (χ3n) is 3.07. The molecule has 0 atom stereocenters. The lowest BCUT2D eigenvalue weighted by molar-refractivity contribution is 0.383. The molecular weight excluding hydrogens is 263 g/mol. The summed E-state index contributed by atoms with van der Waals surface area (Å²) in [6.07, 6.45) is 1.43. The van der Waals surface area contributed by atoms with Crippen LogP contribution in [0, 0.1) is 5.82 Å². The number of nitrogens with zero attached hydrogens (tertiary/aromatic N) is 2. The Labute approximate surface area is 114 Å². The maximum absolute atomic E-state index is 14.1. The van der Waals surface area contributed by atoms with Crippen molar-refractivity contribution in [2.75, 3.05) is 7.11 Å². The van der Waals surface area contributed by atoms with Crippen molar-refractivity contribution in [3.63, 3.8) is 0 Å². The summed E-state index contributed by atoms with van der Waals surface area (Å²) in [5.74, 6) is -0.476. The lowest BCUT2D eigenvalue weighted by Crippen LogP contribution is -2.39. The molecule has 6 heteroatoms. The number of hydrogen-bond acceptors (Lipinski definition) is 3. The third-order valence-corrected chi connectivity index (χ3v) is 3.07. The second-order valence-corrected chi connectivity index (χ2v) is 4.24. The Bertz CT molecular complexity index is 734. The summed E-state index contributed by atoms with van der Waals surface area (Å²) in [6.45, 7) is 2.11. The normalized spacial score (nSPS) is 10.6. The zero-order chi connectivity index (χ0) is 14.7. The number of aryl methyl sites for hydroxylation is 1. The predicted molar refractivity (Wildman–Crippen MR) is 72.7 cm³/mol. The minimum atomic E-state index is -0.562. The van der Waals surface area contributed by atoms with Crippen LogP contribution in [0.5, 0.6) is 5.75 Å². The number of halogens is 1. The molecule has 1 aromatic heterocycles. The van der Waals surface area contributed by atoms with Gasteiger partial charge in [0.05, 0.1) is 13.7 Å². The summed E-state index contributed by atoms with van der Waals surface area (Å²) < 4.78 is 21.3. The molecule has 106 valence electrons. The van der Waals surface area contributed by atoms with Gasteiger partial charge >= 0.3 is 5.69 Å². The number of methoxy groups -OCH3 is 1. The van der Waals surface area contributed by atoms with E-state index in [9.17, 15) is 14.0 Å². The van der Waals surface area contributed by atoms with E-state index in [0.29, 0.717) is 6.54 Å². The molecule has 0 unspecified atom stereocenters. The Hall–Kier alpha value is -2.37. The molecular formula is C14H15FN2O3. The summed E-state index contributed by atoms with van der Waals surface area (Å²) in [5.41, 5.74) is -0.679. The molecule has 20 heavy (non-hydrogen) atoms. The standard InChI is InChI=1S/C14H15FN2O3/c1-3-16-8-7-12(18)17(14(16)19)9-10-5-4-6-11(20-2)13(10)15/h4-8H,3,9H2,1-2H3. The average molecular weight is 278 g/mol. The minimum Gasteiger partial charge on any atom is -0.494 e. The maximum atomic E-state index is 14.1. The van der Waals surface area contributed by atoms with E-state index in [2.05, 4.69) is 0 Å². The highest BCUT2D eigenvalue weighted by Gasteiger charge is 2.11. The van der Waals surface area contributed by atoms with Gasteiger partial charge in [0.1, 0.15) is 0 Å². The molecule has 2 aromatic rings. The smallest absolute Gasteiger partial charge is 0.331 e. The number of aromatic nitrogens is 2. The Balaban J connectivity index is 2.51. The van der Waals surface area contributed by atoms with Gasteiger partial charge < -0.3 is 9.30 Å². The van der Waals surface area contributed by atoms with Crippen LogP contribution >= 0.6 is 0 Å². The van der Waals surface area contributed by atoms with Crippen molar-refractivity contribution in [3.8, 4) is 5.75 Å². The summed E-state index contributed by atoms with van der Waals surface area (Å²) >= 11 is 0. The van der Waals surface area contributed by atoms with Crippen LogP contribution in [0.15, 0.2) is 40.1 Å². The molecule has 0 aliphatic carbocycles. The van der Waals surface area contributed by atoms with Gasteiger partial charge in [-0.25, -0.2) is 9.18 Å². The predicted octanol–water partition coefficient (Wildman–Crippen LogP) is 1.23. The van der Waals surface area contributed by atoms with Gasteiger partial charge in [-0.2, -0.15) is 0 Å². The topological polar surface area (TPSA) is 53.2 Å². The zero-order valence-corrected chi connectivity index (χ0v) is 11.3. The monoisotopic (exact) mass is 278 g/mol. The number of benzene rings is 1. The van der Waals surface area contributed by atoms with Crippen LogP contribution in [0.3, 0.4) is 0 Å². The van der Waals surface area contributed by atoms with E-state index in [1.165, 1.54) is 36.1 Å². The lowest BCUT2D eigenvalue weighted by atomic mass is 10.2. The van der Waals surface area contributed by atoms with Gasteiger partial charge in [0.25, 0.3) is 5.56 Å². The molecule has 0 aliphatic heterocycles. The first-order valence-electron chi connectivity index (χ1n) is 6.20. The number of hydrogen-bond donors (Lipinski definition) is 0. The second kappa shape index (κ2) is 5.73. The molecule has 0 radical (unpaired) electrons. The van der Waals surface area contributed by atoms with E-state index in [4.69, 9.17) is 4.74 Å². The molecule has 2 rings (SSSR count). The van der Waals surface area contributed by atoms with Gasteiger partial charge in [0, 0.05) is 24.4 Å². The van der Waals surface area contributed by atoms with Gasteiger partial charge in [-0.15, -0.1) is 0 Å². The lowest BCUT2D eigenvalue weighted by Gasteiger charge is -2.10. The molecule has 1 heterocycles. The Kier molecular flexibility index (Phi) is 4.02. The van der Waals surface area contributed by atoms with E-state index in [-0.39, 0.29) is 17.9 Å². The summed E-state index contributed by atoms with van der Waals surface area (Å²) in [6, 6.07) is 5.91. The van der Waals surface area contributed by atoms with E-state index in [0.717, 1.165) is 4.57 Å². The first kappa shape index (κ1) is 14.0. The molecule has 0 amide bonds. The van der Waals surface area contributed by atoms with Gasteiger partial charge in [0.2, 0.25) is 0 Å². The summed E-state index contributed by atoms with van der Waals surface area (Å²) in [7, 11) is 1.36. The van der Waals surface area contributed by atoms with Crippen LogP contribution in [-0.4, -0.2) is 16.2 Å². The van der Waals surface area contributed by atoms with Gasteiger partial charge in [-0.05, 0) is 13.0 Å². The van der Waals surface area contributed by atoms with Gasteiger partial charge in [-0.1, -0.05) is 12.1 Å². The fraction of sp³-hybridized carbons (Fsp3) is 0.286. The van der Waals surface area contributed by atoms with E-state index < -0.39 is 17.1 Å². The number of rotatable bonds is 4. The van der Waals surface area contributed by atoms with Crippen LogP contribution in [0.25, 0.3) is 0 Å². The SMILES string of the molecule is CCn1ccc(=O)n(Cc2cccc(OC)c2F)c1=O. The quantitative estimate of drug-likeness (QED) is 0.845. The van der Waals surface area contributed by atoms with Crippen molar-refractivity contribution in [1.82, 2.24) is 9.13 Å². The van der Waals surface area contributed by atoms with Crippen LogP contribution in [0.1, 0.15) is 12.5 Å². The molecule has 0 spiro atoms. The van der Waals surface area contributed by atoms with Crippen LogP contribution < -0.4 is 16.0 Å². The molecule has 0 bridgehead atoms. The van der Waals surface area contributed by atoms with Crippen molar-refractivity contribution >= 4 is 0 Å². The minimum absolute atomic E-state index is 0.0855. The fourth-order valence-corrected chi connectivity index (χ4v) is 1.95. The maximum Gasteiger partial charge on any atom is 0.331 e. The number of ether oxygens (including phenoxy) is 1. The first-order valence-corrected chi connectivity index (χ1v) is 6.20. The molecule has 0 fully saturated rings. The van der Waals surface area contributed by atoms with Crippen LogP contribution in [0.4, 0.5) is 4.39 Å². The largest absolute Gasteiger partial charge is 0.494 e. The van der Waals surface area contributed by atoms with Crippen molar-refractivity contribution in [3.05, 3.63) is 62.7 Å². The van der Waals surface area contributed by atoms with Crippen LogP contribution in [-0.2, 0) is 13.1 Å². The summed E-state index contributed by atoms with van der Waals surface area (Å²) in [4.78, 5) is 23.8. The fourth-order valence-electron chi connectivity index (χ4n) is 1.95. The third kappa shape index (κ3) is 2.49.